The van der Waals surface area contributed by atoms with Crippen LogP contribution in [0.2, 0.25) is 0 Å². The van der Waals surface area contributed by atoms with E-state index in [9.17, 15) is 9.59 Å². The van der Waals surface area contributed by atoms with Gasteiger partial charge in [-0.25, -0.2) is 0 Å². The third-order valence-electron chi connectivity index (χ3n) is 5.49. The standard InChI is InChI=1S/C23H28N2O4/c1-14-6-5-7-19(15(14)2)25-23(27)18-13-17(18)22(26)24-11-10-16-8-9-20(28-3)21(12-16)29-4/h5-9,12,17-18H,10-11,13H2,1-4H3,(H,24,26)(H,25,27). The topological polar surface area (TPSA) is 76.7 Å². The van der Waals surface area contributed by atoms with Crippen molar-refractivity contribution in [1.82, 2.24) is 5.32 Å². The molecule has 2 aromatic rings. The summed E-state index contributed by atoms with van der Waals surface area (Å²) in [5.74, 6) is 0.699. The highest BCUT2D eigenvalue weighted by atomic mass is 16.5. The molecule has 0 radical (unpaired) electrons. The number of amides is 2. The van der Waals surface area contributed by atoms with Crippen molar-refractivity contribution in [2.75, 3.05) is 26.1 Å². The lowest BCUT2D eigenvalue weighted by Gasteiger charge is -2.11. The molecule has 2 unspecified atom stereocenters. The van der Waals surface area contributed by atoms with Gasteiger partial charge in [0.2, 0.25) is 11.8 Å². The number of hydrogen-bond acceptors (Lipinski definition) is 4. The lowest BCUT2D eigenvalue weighted by Crippen LogP contribution is -2.29. The molecule has 6 nitrogen and oxygen atoms in total. The van der Waals surface area contributed by atoms with E-state index in [0.29, 0.717) is 30.9 Å². The fourth-order valence-corrected chi connectivity index (χ4v) is 3.38. The van der Waals surface area contributed by atoms with Crippen LogP contribution < -0.4 is 20.1 Å². The molecule has 0 aliphatic heterocycles. The Morgan fingerprint density at radius 3 is 2.45 bits per heavy atom. The summed E-state index contributed by atoms with van der Waals surface area (Å²) in [5, 5.41) is 5.90. The molecule has 1 aliphatic carbocycles. The van der Waals surface area contributed by atoms with Crippen molar-refractivity contribution in [3.8, 4) is 11.5 Å². The maximum Gasteiger partial charge on any atom is 0.228 e. The van der Waals surface area contributed by atoms with Gasteiger partial charge < -0.3 is 20.1 Å². The van der Waals surface area contributed by atoms with Crippen LogP contribution >= 0.6 is 0 Å². The molecule has 2 aromatic carbocycles. The van der Waals surface area contributed by atoms with Crippen LogP contribution in [0.15, 0.2) is 36.4 Å². The van der Waals surface area contributed by atoms with E-state index in [4.69, 9.17) is 9.47 Å². The molecule has 0 spiro atoms. The first-order chi connectivity index (χ1) is 13.9. The highest BCUT2D eigenvalue weighted by Gasteiger charge is 2.47. The number of methoxy groups -OCH3 is 2. The average Bonchev–Trinajstić information content (AvgIpc) is 3.52. The molecule has 2 atom stereocenters. The molecule has 6 heteroatoms. The number of rotatable bonds is 8. The molecule has 0 bridgehead atoms. The molecule has 3 rings (SSSR count). The SMILES string of the molecule is COc1ccc(CCNC(=O)C2CC2C(=O)Nc2cccc(C)c2C)cc1OC. The monoisotopic (exact) mass is 396 g/mol. The van der Waals surface area contributed by atoms with Gasteiger partial charge in [-0.3, -0.25) is 9.59 Å². The summed E-state index contributed by atoms with van der Waals surface area (Å²) < 4.78 is 10.5. The molecule has 1 saturated carbocycles. The van der Waals surface area contributed by atoms with Gasteiger partial charge in [0.15, 0.2) is 11.5 Å². The van der Waals surface area contributed by atoms with Crippen molar-refractivity contribution in [2.45, 2.75) is 26.7 Å². The number of carbonyl (C=O) groups is 2. The van der Waals surface area contributed by atoms with Crippen LogP contribution in [0, 0.1) is 25.7 Å². The van der Waals surface area contributed by atoms with Crippen molar-refractivity contribution < 1.29 is 19.1 Å². The summed E-state index contributed by atoms with van der Waals surface area (Å²) in [4.78, 5) is 24.8. The van der Waals surface area contributed by atoms with Gasteiger partial charge >= 0.3 is 0 Å². The highest BCUT2D eigenvalue weighted by molar-refractivity contribution is 6.00. The summed E-state index contributed by atoms with van der Waals surface area (Å²) in [6.07, 6.45) is 1.27. The number of benzene rings is 2. The summed E-state index contributed by atoms with van der Waals surface area (Å²) in [6, 6.07) is 11.5. The lowest BCUT2D eigenvalue weighted by atomic mass is 10.1. The Kier molecular flexibility index (Phi) is 6.42. The van der Waals surface area contributed by atoms with Crippen molar-refractivity contribution in [3.05, 3.63) is 53.1 Å². The maximum atomic E-state index is 12.5. The van der Waals surface area contributed by atoms with Crippen LogP contribution in [0.4, 0.5) is 5.69 Å². The Hall–Kier alpha value is -3.02. The predicted molar refractivity (Wildman–Crippen MR) is 112 cm³/mol. The van der Waals surface area contributed by atoms with Crippen molar-refractivity contribution in [3.63, 3.8) is 0 Å². The Morgan fingerprint density at radius 1 is 1.00 bits per heavy atom. The van der Waals surface area contributed by atoms with Crippen molar-refractivity contribution in [2.24, 2.45) is 11.8 Å². The van der Waals surface area contributed by atoms with E-state index < -0.39 is 0 Å². The molecule has 0 saturated heterocycles. The molecule has 2 N–H and O–H groups in total. The highest BCUT2D eigenvalue weighted by Crippen LogP contribution is 2.39. The fraction of sp³-hybridized carbons (Fsp3) is 0.391. The van der Waals surface area contributed by atoms with E-state index in [2.05, 4.69) is 10.6 Å². The van der Waals surface area contributed by atoms with Gasteiger partial charge in [-0.1, -0.05) is 18.2 Å². The maximum absolute atomic E-state index is 12.5. The van der Waals surface area contributed by atoms with E-state index in [1.165, 1.54) is 0 Å². The van der Waals surface area contributed by atoms with Crippen LogP contribution in [0.3, 0.4) is 0 Å². The Bertz CT molecular complexity index is 910. The van der Waals surface area contributed by atoms with Crippen LogP contribution in [-0.2, 0) is 16.0 Å². The molecule has 0 heterocycles. The molecular weight excluding hydrogens is 368 g/mol. The third-order valence-corrected chi connectivity index (χ3v) is 5.49. The first-order valence-electron chi connectivity index (χ1n) is 9.80. The zero-order valence-electron chi connectivity index (χ0n) is 17.4. The zero-order valence-corrected chi connectivity index (χ0v) is 17.4. The number of hydrogen-bond donors (Lipinski definition) is 2. The molecular formula is C23H28N2O4. The van der Waals surface area contributed by atoms with Crippen LogP contribution in [-0.4, -0.2) is 32.6 Å². The second-order valence-corrected chi connectivity index (χ2v) is 7.42. The first kappa shape index (κ1) is 20.7. The second-order valence-electron chi connectivity index (χ2n) is 7.42. The Morgan fingerprint density at radius 2 is 1.72 bits per heavy atom. The average molecular weight is 396 g/mol. The van der Waals surface area contributed by atoms with Gasteiger partial charge in [0, 0.05) is 12.2 Å². The van der Waals surface area contributed by atoms with Gasteiger partial charge in [-0.05, 0) is 61.6 Å². The molecule has 0 aromatic heterocycles. The van der Waals surface area contributed by atoms with Gasteiger partial charge in [-0.2, -0.15) is 0 Å². The Balaban J connectivity index is 1.47. The summed E-state index contributed by atoms with van der Waals surface area (Å²) >= 11 is 0. The van der Waals surface area contributed by atoms with E-state index in [1.807, 2.05) is 50.2 Å². The third kappa shape index (κ3) is 4.88. The minimum absolute atomic E-state index is 0.0633. The van der Waals surface area contributed by atoms with E-state index >= 15 is 0 Å². The van der Waals surface area contributed by atoms with Crippen LogP contribution in [0.25, 0.3) is 0 Å². The molecule has 1 fully saturated rings. The van der Waals surface area contributed by atoms with Crippen LogP contribution in [0.1, 0.15) is 23.1 Å². The quantitative estimate of drug-likeness (QED) is 0.718. The van der Waals surface area contributed by atoms with Gasteiger partial charge in [0.25, 0.3) is 0 Å². The Labute approximate surface area is 171 Å². The number of aryl methyl sites for hydroxylation is 1. The van der Waals surface area contributed by atoms with Crippen LogP contribution in [0.5, 0.6) is 11.5 Å². The summed E-state index contributed by atoms with van der Waals surface area (Å²) in [6.45, 7) is 4.50. The first-order valence-corrected chi connectivity index (χ1v) is 9.80. The minimum atomic E-state index is -0.254. The summed E-state index contributed by atoms with van der Waals surface area (Å²) in [7, 11) is 3.19. The number of carbonyl (C=O) groups excluding carboxylic acids is 2. The molecule has 29 heavy (non-hydrogen) atoms. The largest absolute Gasteiger partial charge is 0.493 e. The lowest BCUT2D eigenvalue weighted by molar-refractivity contribution is -0.125. The fourth-order valence-electron chi connectivity index (χ4n) is 3.38. The molecule has 154 valence electrons. The summed E-state index contributed by atoms with van der Waals surface area (Å²) in [5.41, 5.74) is 4.04. The molecule has 1 aliphatic rings. The van der Waals surface area contributed by atoms with Gasteiger partial charge in [0.1, 0.15) is 0 Å². The predicted octanol–water partition coefficient (Wildman–Crippen LogP) is 3.25. The normalized spacial score (nSPS) is 17.4. The van der Waals surface area contributed by atoms with E-state index in [1.54, 1.807) is 14.2 Å². The smallest absolute Gasteiger partial charge is 0.228 e. The van der Waals surface area contributed by atoms with Gasteiger partial charge in [0.05, 0.1) is 26.1 Å². The van der Waals surface area contributed by atoms with E-state index in [0.717, 1.165) is 22.4 Å². The minimum Gasteiger partial charge on any atom is -0.493 e. The molecule has 2 amide bonds. The number of ether oxygens (including phenoxy) is 2. The van der Waals surface area contributed by atoms with E-state index in [-0.39, 0.29) is 23.7 Å². The van der Waals surface area contributed by atoms with Crippen molar-refractivity contribution >= 4 is 17.5 Å². The van der Waals surface area contributed by atoms with Crippen molar-refractivity contribution in [1.29, 1.82) is 0 Å². The van der Waals surface area contributed by atoms with Gasteiger partial charge in [-0.15, -0.1) is 0 Å². The number of nitrogens with one attached hydrogen (secondary N) is 2. The number of anilines is 1. The second kappa shape index (κ2) is 8.99. The zero-order chi connectivity index (χ0) is 21.0.